The summed E-state index contributed by atoms with van der Waals surface area (Å²) < 4.78 is 17.0. The summed E-state index contributed by atoms with van der Waals surface area (Å²) in [5.41, 5.74) is 2.50. The summed E-state index contributed by atoms with van der Waals surface area (Å²) in [5.74, 6) is 1.56. The van der Waals surface area contributed by atoms with Crippen LogP contribution in [0.15, 0.2) is 69.0 Å². The minimum atomic E-state index is -0.309. The van der Waals surface area contributed by atoms with Crippen LogP contribution in [0.5, 0.6) is 5.75 Å². The molecule has 2 aromatic carbocycles. The first-order chi connectivity index (χ1) is 19.6. The van der Waals surface area contributed by atoms with E-state index in [-0.39, 0.29) is 36.5 Å². The summed E-state index contributed by atoms with van der Waals surface area (Å²) in [6, 6.07) is 17.3. The summed E-state index contributed by atoms with van der Waals surface area (Å²) in [6.07, 6.45) is 1.95. The maximum Gasteiger partial charge on any atom is 0.251 e. The van der Waals surface area contributed by atoms with Crippen LogP contribution in [0, 0.1) is 0 Å². The van der Waals surface area contributed by atoms with Crippen molar-refractivity contribution < 1.29 is 23.5 Å². The Bertz CT molecular complexity index is 1400. The van der Waals surface area contributed by atoms with Crippen LogP contribution < -0.4 is 10.1 Å². The van der Waals surface area contributed by atoms with E-state index in [0.29, 0.717) is 45.0 Å². The van der Waals surface area contributed by atoms with E-state index < -0.39 is 0 Å². The number of hydrogen-bond acceptors (Lipinski definition) is 8. The first kappa shape index (κ1) is 26.2. The second-order valence-electron chi connectivity index (χ2n) is 10.3. The van der Waals surface area contributed by atoms with Gasteiger partial charge in [0.2, 0.25) is 11.9 Å². The number of benzene rings is 2. The molecule has 4 heterocycles. The number of para-hydroxylation sites is 1. The first-order valence-corrected chi connectivity index (χ1v) is 13.8. The molecule has 208 valence electrons. The highest BCUT2D eigenvalue weighted by atomic mass is 16.5. The van der Waals surface area contributed by atoms with Crippen molar-refractivity contribution in [2.75, 3.05) is 46.4 Å². The van der Waals surface area contributed by atoms with Gasteiger partial charge in [0.05, 0.1) is 25.4 Å². The zero-order valence-corrected chi connectivity index (χ0v) is 22.5. The van der Waals surface area contributed by atoms with Gasteiger partial charge in [-0.1, -0.05) is 30.3 Å². The Kier molecular flexibility index (Phi) is 7.61. The Morgan fingerprint density at radius 1 is 1.07 bits per heavy atom. The van der Waals surface area contributed by atoms with E-state index in [1.54, 1.807) is 7.11 Å². The molecule has 3 aliphatic heterocycles. The number of ether oxygens (including phenoxy) is 2. The lowest BCUT2D eigenvalue weighted by Crippen LogP contribution is -2.53. The highest BCUT2D eigenvalue weighted by Gasteiger charge is 2.31. The topological polar surface area (TPSA) is 109 Å². The van der Waals surface area contributed by atoms with Gasteiger partial charge in [0, 0.05) is 44.6 Å². The fourth-order valence-corrected chi connectivity index (χ4v) is 5.41. The number of nitrogens with one attached hydrogen (secondary N) is 1. The number of carbonyl (C=O) groups is 2. The quantitative estimate of drug-likeness (QED) is 0.512. The molecule has 0 aliphatic carbocycles. The molecule has 10 heteroatoms. The van der Waals surface area contributed by atoms with Crippen molar-refractivity contribution in [1.82, 2.24) is 15.1 Å². The highest BCUT2D eigenvalue weighted by Crippen LogP contribution is 2.30. The number of methoxy groups -OCH3 is 1. The number of piperazine rings is 1. The summed E-state index contributed by atoms with van der Waals surface area (Å²) >= 11 is 0. The third-order valence-corrected chi connectivity index (χ3v) is 7.62. The Morgan fingerprint density at radius 2 is 1.88 bits per heavy atom. The van der Waals surface area contributed by atoms with Crippen LogP contribution in [0.25, 0.3) is 11.0 Å². The maximum atomic E-state index is 13.1. The van der Waals surface area contributed by atoms with E-state index in [4.69, 9.17) is 23.9 Å². The minimum absolute atomic E-state index is 0.0650. The molecule has 0 radical (unpaired) electrons. The van der Waals surface area contributed by atoms with Gasteiger partial charge >= 0.3 is 0 Å². The SMILES string of the molecule is COc1ccc(C2CC(c3cc4ccccc4o3)=NC(NC(=O)CN3CCN(C(=O)C4CCCO4)CC3)=N2)cc1. The number of aliphatic imine (C=N–C) groups is 2. The predicted molar refractivity (Wildman–Crippen MR) is 151 cm³/mol. The van der Waals surface area contributed by atoms with Crippen LogP contribution in [0.4, 0.5) is 0 Å². The third kappa shape index (κ3) is 5.78. The van der Waals surface area contributed by atoms with Gasteiger partial charge in [0.15, 0.2) is 0 Å². The maximum absolute atomic E-state index is 13.1. The molecular weight excluding hydrogens is 510 g/mol. The van der Waals surface area contributed by atoms with Crippen molar-refractivity contribution in [3.05, 3.63) is 65.9 Å². The standard InChI is InChI=1S/C30H33N5O5/c1-38-22-10-8-20(9-11-22)23-18-24(27-17-21-5-2-3-6-25(21)40-27)32-30(31-23)33-28(36)19-34-12-14-35(15-13-34)29(37)26-7-4-16-39-26/h2-3,5-6,8-11,17,23,26H,4,7,12-16,18-19H2,1H3,(H,31,33,36). The van der Waals surface area contributed by atoms with Crippen molar-refractivity contribution in [2.45, 2.75) is 31.4 Å². The molecule has 2 atom stereocenters. The summed E-state index contributed by atoms with van der Waals surface area (Å²) in [7, 11) is 1.63. The number of fused-ring (bicyclic) bond motifs is 1. The Labute approximate surface area is 232 Å². The lowest BCUT2D eigenvalue weighted by Gasteiger charge is -2.35. The number of furan rings is 1. The van der Waals surface area contributed by atoms with Crippen molar-refractivity contribution in [1.29, 1.82) is 0 Å². The summed E-state index contributed by atoms with van der Waals surface area (Å²) in [5, 5.41) is 3.91. The van der Waals surface area contributed by atoms with Crippen LogP contribution >= 0.6 is 0 Å². The van der Waals surface area contributed by atoms with Gasteiger partial charge in [-0.05, 0) is 42.7 Å². The van der Waals surface area contributed by atoms with E-state index >= 15 is 0 Å². The lowest BCUT2D eigenvalue weighted by atomic mass is 9.99. The lowest BCUT2D eigenvalue weighted by molar-refractivity contribution is -0.142. The van der Waals surface area contributed by atoms with Crippen molar-refractivity contribution in [3.8, 4) is 5.75 Å². The van der Waals surface area contributed by atoms with Gasteiger partial charge in [0.1, 0.15) is 23.2 Å². The van der Waals surface area contributed by atoms with Crippen molar-refractivity contribution in [3.63, 3.8) is 0 Å². The van der Waals surface area contributed by atoms with E-state index in [0.717, 1.165) is 40.8 Å². The Balaban J connectivity index is 1.14. The Morgan fingerprint density at radius 3 is 2.60 bits per heavy atom. The first-order valence-electron chi connectivity index (χ1n) is 13.8. The molecule has 0 bridgehead atoms. The largest absolute Gasteiger partial charge is 0.497 e. The molecule has 0 spiro atoms. The molecule has 1 N–H and O–H groups in total. The van der Waals surface area contributed by atoms with E-state index in [9.17, 15) is 9.59 Å². The molecule has 2 fully saturated rings. The van der Waals surface area contributed by atoms with Crippen molar-refractivity contribution in [2.24, 2.45) is 9.98 Å². The number of hydrogen-bond donors (Lipinski definition) is 1. The molecule has 0 saturated carbocycles. The molecular formula is C30H33N5O5. The summed E-state index contributed by atoms with van der Waals surface area (Å²) in [4.78, 5) is 39.1. The van der Waals surface area contributed by atoms with E-state index in [1.807, 2.05) is 64.4 Å². The van der Waals surface area contributed by atoms with E-state index in [2.05, 4.69) is 5.32 Å². The van der Waals surface area contributed by atoms with Crippen LogP contribution in [-0.2, 0) is 14.3 Å². The number of guanidine groups is 1. The molecule has 2 saturated heterocycles. The molecule has 1 aromatic heterocycles. The zero-order valence-electron chi connectivity index (χ0n) is 22.5. The minimum Gasteiger partial charge on any atom is -0.497 e. The van der Waals surface area contributed by atoms with Crippen LogP contribution in [0.2, 0.25) is 0 Å². The van der Waals surface area contributed by atoms with E-state index in [1.165, 1.54) is 0 Å². The Hall–Kier alpha value is -4.02. The van der Waals surface area contributed by atoms with Gasteiger partial charge in [-0.15, -0.1) is 0 Å². The number of amides is 2. The van der Waals surface area contributed by atoms with Crippen LogP contribution in [0.3, 0.4) is 0 Å². The molecule has 40 heavy (non-hydrogen) atoms. The van der Waals surface area contributed by atoms with Gasteiger partial charge in [0.25, 0.3) is 5.91 Å². The van der Waals surface area contributed by atoms with Crippen molar-refractivity contribution >= 4 is 34.5 Å². The second kappa shape index (κ2) is 11.6. The predicted octanol–water partition coefficient (Wildman–Crippen LogP) is 3.17. The monoisotopic (exact) mass is 543 g/mol. The zero-order chi connectivity index (χ0) is 27.5. The molecule has 3 aliphatic rings. The highest BCUT2D eigenvalue weighted by molar-refractivity contribution is 6.11. The molecule has 6 rings (SSSR count). The van der Waals surface area contributed by atoms with Gasteiger partial charge in [-0.25, -0.2) is 9.98 Å². The molecule has 2 unspecified atom stereocenters. The fourth-order valence-electron chi connectivity index (χ4n) is 5.41. The molecule has 3 aromatic rings. The molecule has 2 amide bonds. The number of nitrogens with zero attached hydrogens (tertiary/aromatic N) is 4. The van der Waals surface area contributed by atoms with Gasteiger partial charge in [-0.2, -0.15) is 0 Å². The third-order valence-electron chi connectivity index (χ3n) is 7.62. The average molecular weight is 544 g/mol. The average Bonchev–Trinajstić information content (AvgIpc) is 3.68. The van der Waals surface area contributed by atoms with Crippen LogP contribution in [-0.4, -0.2) is 85.8 Å². The van der Waals surface area contributed by atoms with Crippen LogP contribution in [0.1, 0.15) is 36.6 Å². The summed E-state index contributed by atoms with van der Waals surface area (Å²) in [6.45, 7) is 3.27. The molecule has 10 nitrogen and oxygen atoms in total. The van der Waals surface area contributed by atoms with Gasteiger partial charge < -0.3 is 18.8 Å². The normalized spacial score (nSPS) is 21.7. The fraction of sp³-hybridized carbons (Fsp3) is 0.400. The second-order valence-corrected chi connectivity index (χ2v) is 10.3. The van der Waals surface area contributed by atoms with Gasteiger partial charge in [-0.3, -0.25) is 19.8 Å². The smallest absolute Gasteiger partial charge is 0.251 e. The number of rotatable bonds is 6. The number of carbonyl (C=O) groups excluding carboxylic acids is 2.